The van der Waals surface area contributed by atoms with E-state index in [0.29, 0.717) is 25.3 Å². The number of hydrogen-bond acceptors (Lipinski definition) is 4. The molecule has 1 aromatic rings. The van der Waals surface area contributed by atoms with E-state index in [0.717, 1.165) is 12.8 Å². The molecule has 0 aliphatic carbocycles. The molecule has 2 rings (SSSR count). The van der Waals surface area contributed by atoms with Crippen LogP contribution in [0.2, 0.25) is 0 Å². The Labute approximate surface area is 117 Å². The summed E-state index contributed by atoms with van der Waals surface area (Å²) in [5.41, 5.74) is 0.826. The molecule has 1 unspecified atom stereocenters. The van der Waals surface area contributed by atoms with Crippen molar-refractivity contribution in [2.75, 3.05) is 18.1 Å². The van der Waals surface area contributed by atoms with Crippen molar-refractivity contribution in [3.05, 3.63) is 29.6 Å². The van der Waals surface area contributed by atoms with E-state index >= 15 is 0 Å². The van der Waals surface area contributed by atoms with E-state index in [1.807, 2.05) is 11.0 Å². The van der Waals surface area contributed by atoms with E-state index in [9.17, 15) is 9.18 Å². The van der Waals surface area contributed by atoms with Crippen molar-refractivity contribution in [3.8, 4) is 6.07 Å². The van der Waals surface area contributed by atoms with Gasteiger partial charge in [0.15, 0.2) is 0 Å². The predicted octanol–water partition coefficient (Wildman–Crippen LogP) is 2.62. The summed E-state index contributed by atoms with van der Waals surface area (Å²) in [5.74, 6) is -0.748. The van der Waals surface area contributed by atoms with Crippen LogP contribution in [0.1, 0.15) is 31.7 Å². The average molecular weight is 276 g/mol. The van der Waals surface area contributed by atoms with Gasteiger partial charge in [0.25, 0.3) is 0 Å². The molecule has 0 saturated carbocycles. The van der Waals surface area contributed by atoms with Gasteiger partial charge in [-0.1, -0.05) is 0 Å². The number of hydrogen-bond donors (Lipinski definition) is 0. The molecule has 1 aliphatic heterocycles. The summed E-state index contributed by atoms with van der Waals surface area (Å²) in [6.45, 7) is 2.76. The van der Waals surface area contributed by atoms with Crippen LogP contribution in [-0.4, -0.2) is 25.2 Å². The Bertz CT molecular complexity index is 539. The van der Waals surface area contributed by atoms with E-state index in [1.54, 1.807) is 13.0 Å². The Hall–Kier alpha value is -2.09. The molecule has 5 heteroatoms. The van der Waals surface area contributed by atoms with Gasteiger partial charge in [0, 0.05) is 12.2 Å². The quantitative estimate of drug-likeness (QED) is 0.796. The standard InChI is InChI=1S/C15H17FN2O2/c1-2-20-15(19)14-5-3-4-6-18(14)13-8-11(10-17)7-12(16)9-13/h7-9,14H,2-6H2,1H3. The van der Waals surface area contributed by atoms with Crippen molar-refractivity contribution < 1.29 is 13.9 Å². The summed E-state index contributed by atoms with van der Waals surface area (Å²) in [5, 5.41) is 8.92. The molecule has 1 saturated heterocycles. The van der Waals surface area contributed by atoms with Gasteiger partial charge in [0.2, 0.25) is 0 Å². The number of esters is 1. The normalized spacial score (nSPS) is 18.4. The van der Waals surface area contributed by atoms with E-state index < -0.39 is 11.9 Å². The summed E-state index contributed by atoms with van der Waals surface area (Å²) in [6, 6.07) is 5.70. The van der Waals surface area contributed by atoms with Crippen LogP contribution in [0.25, 0.3) is 0 Å². The summed E-state index contributed by atoms with van der Waals surface area (Å²) >= 11 is 0. The van der Waals surface area contributed by atoms with Gasteiger partial charge >= 0.3 is 5.97 Å². The highest BCUT2D eigenvalue weighted by molar-refractivity contribution is 5.80. The van der Waals surface area contributed by atoms with E-state index in [1.165, 1.54) is 12.1 Å². The molecule has 106 valence electrons. The number of nitriles is 1. The first-order valence-electron chi connectivity index (χ1n) is 6.79. The van der Waals surface area contributed by atoms with Crippen LogP contribution in [0.5, 0.6) is 0 Å². The molecule has 1 heterocycles. The second kappa shape index (κ2) is 6.38. The average Bonchev–Trinajstić information content (AvgIpc) is 2.46. The van der Waals surface area contributed by atoms with Gasteiger partial charge in [-0.2, -0.15) is 5.26 Å². The maximum absolute atomic E-state index is 13.6. The predicted molar refractivity (Wildman–Crippen MR) is 72.7 cm³/mol. The monoisotopic (exact) mass is 276 g/mol. The van der Waals surface area contributed by atoms with Crippen molar-refractivity contribution in [3.63, 3.8) is 0 Å². The zero-order chi connectivity index (χ0) is 14.5. The van der Waals surface area contributed by atoms with Crippen molar-refractivity contribution in [1.82, 2.24) is 0 Å². The van der Waals surface area contributed by atoms with Gasteiger partial charge < -0.3 is 9.64 Å². The highest BCUT2D eigenvalue weighted by atomic mass is 19.1. The first kappa shape index (κ1) is 14.3. The highest BCUT2D eigenvalue weighted by Crippen LogP contribution is 2.27. The van der Waals surface area contributed by atoms with Crippen molar-refractivity contribution in [1.29, 1.82) is 5.26 Å². The first-order chi connectivity index (χ1) is 9.65. The van der Waals surface area contributed by atoms with Crippen LogP contribution in [-0.2, 0) is 9.53 Å². The third kappa shape index (κ3) is 3.08. The molecule has 1 aromatic carbocycles. The van der Waals surface area contributed by atoms with E-state index in [2.05, 4.69) is 0 Å². The van der Waals surface area contributed by atoms with Gasteiger partial charge in [-0.3, -0.25) is 0 Å². The Morgan fingerprint density at radius 3 is 3.00 bits per heavy atom. The summed E-state index contributed by atoms with van der Waals surface area (Å²) in [7, 11) is 0. The summed E-state index contributed by atoms with van der Waals surface area (Å²) in [6.07, 6.45) is 2.58. The minimum Gasteiger partial charge on any atom is -0.464 e. The third-order valence-electron chi connectivity index (χ3n) is 3.40. The Balaban J connectivity index is 2.30. The lowest BCUT2D eigenvalue weighted by Gasteiger charge is -2.35. The fraction of sp³-hybridized carbons (Fsp3) is 0.467. The zero-order valence-electron chi connectivity index (χ0n) is 11.4. The van der Waals surface area contributed by atoms with Gasteiger partial charge in [0.1, 0.15) is 11.9 Å². The van der Waals surface area contributed by atoms with Crippen molar-refractivity contribution in [2.45, 2.75) is 32.2 Å². The molecule has 1 atom stereocenters. The topological polar surface area (TPSA) is 53.3 Å². The van der Waals surface area contributed by atoms with Crippen molar-refractivity contribution >= 4 is 11.7 Å². The van der Waals surface area contributed by atoms with E-state index in [4.69, 9.17) is 10.00 Å². The van der Waals surface area contributed by atoms with E-state index in [-0.39, 0.29) is 11.5 Å². The first-order valence-corrected chi connectivity index (χ1v) is 6.79. The summed E-state index contributed by atoms with van der Waals surface area (Å²) in [4.78, 5) is 13.8. The van der Waals surface area contributed by atoms with Crippen molar-refractivity contribution in [2.24, 2.45) is 0 Å². The highest BCUT2D eigenvalue weighted by Gasteiger charge is 2.30. The van der Waals surface area contributed by atoms with Crippen LogP contribution >= 0.6 is 0 Å². The molecule has 20 heavy (non-hydrogen) atoms. The minimum absolute atomic E-state index is 0.258. The molecule has 0 aromatic heterocycles. The molecule has 1 aliphatic rings. The zero-order valence-corrected chi connectivity index (χ0v) is 11.4. The van der Waals surface area contributed by atoms with Gasteiger partial charge in [0.05, 0.1) is 18.2 Å². The third-order valence-corrected chi connectivity index (χ3v) is 3.40. The van der Waals surface area contributed by atoms with Crippen LogP contribution in [0, 0.1) is 17.1 Å². The maximum atomic E-state index is 13.6. The number of ether oxygens (including phenoxy) is 1. The molecular formula is C15H17FN2O2. The lowest BCUT2D eigenvalue weighted by molar-refractivity contribution is -0.145. The number of benzene rings is 1. The molecule has 0 radical (unpaired) electrons. The lowest BCUT2D eigenvalue weighted by atomic mass is 10.0. The fourth-order valence-electron chi connectivity index (χ4n) is 2.53. The minimum atomic E-state index is -0.466. The second-order valence-electron chi connectivity index (χ2n) is 4.77. The lowest BCUT2D eigenvalue weighted by Crippen LogP contribution is -2.45. The van der Waals surface area contributed by atoms with Crippen LogP contribution in [0.4, 0.5) is 10.1 Å². The maximum Gasteiger partial charge on any atom is 0.328 e. The largest absolute Gasteiger partial charge is 0.464 e. The van der Waals surface area contributed by atoms with Crippen LogP contribution in [0.15, 0.2) is 18.2 Å². The van der Waals surface area contributed by atoms with Gasteiger partial charge in [-0.05, 0) is 44.4 Å². The number of nitrogens with zero attached hydrogens (tertiary/aromatic N) is 2. The molecule has 1 fully saturated rings. The molecule has 0 amide bonds. The number of carbonyl (C=O) groups excluding carboxylic acids is 1. The number of piperidine rings is 1. The van der Waals surface area contributed by atoms with Gasteiger partial charge in [-0.15, -0.1) is 0 Å². The fourth-order valence-corrected chi connectivity index (χ4v) is 2.53. The molecule has 0 N–H and O–H groups in total. The Kier molecular flexibility index (Phi) is 4.57. The number of anilines is 1. The Morgan fingerprint density at radius 1 is 1.50 bits per heavy atom. The molecule has 0 spiro atoms. The summed E-state index contributed by atoms with van der Waals surface area (Å²) < 4.78 is 18.6. The number of carbonyl (C=O) groups is 1. The SMILES string of the molecule is CCOC(=O)C1CCCCN1c1cc(F)cc(C#N)c1. The smallest absolute Gasteiger partial charge is 0.328 e. The van der Waals surface area contributed by atoms with Crippen LogP contribution < -0.4 is 4.90 Å². The second-order valence-corrected chi connectivity index (χ2v) is 4.77. The number of halogens is 1. The molecule has 0 bridgehead atoms. The Morgan fingerprint density at radius 2 is 2.30 bits per heavy atom. The van der Waals surface area contributed by atoms with Crippen LogP contribution in [0.3, 0.4) is 0 Å². The molecule has 4 nitrogen and oxygen atoms in total. The number of rotatable bonds is 3. The van der Waals surface area contributed by atoms with Gasteiger partial charge in [-0.25, -0.2) is 9.18 Å². The molecular weight excluding hydrogens is 259 g/mol.